The Kier molecular flexibility index (Phi) is 7.69. The molecule has 2 unspecified atom stereocenters. The number of halogens is 2. The average Bonchev–Trinajstić information content (AvgIpc) is 2.37. The van der Waals surface area contributed by atoms with Crippen LogP contribution in [0.2, 0.25) is 5.02 Å². The summed E-state index contributed by atoms with van der Waals surface area (Å²) < 4.78 is 7.05. The van der Waals surface area contributed by atoms with Crippen LogP contribution in [0.3, 0.4) is 0 Å². The number of benzene rings is 1. The van der Waals surface area contributed by atoms with Crippen LogP contribution in [0.15, 0.2) is 22.7 Å². The first-order chi connectivity index (χ1) is 9.79. The molecule has 0 heterocycles. The Bertz CT molecular complexity index is 445. The van der Waals surface area contributed by atoms with Crippen molar-refractivity contribution in [3.63, 3.8) is 0 Å². The van der Waals surface area contributed by atoms with Crippen molar-refractivity contribution in [2.45, 2.75) is 53.2 Å². The standard InChI is InChI=1S/C17H27BrClNO/c1-6-20-15(16(21-7-2)17(3,4)5)10-12-8-9-13(18)11-14(12)19/h8-9,11,15-16,20H,6-7,10H2,1-5H3. The van der Waals surface area contributed by atoms with E-state index in [0.29, 0.717) is 0 Å². The third-order valence-electron chi connectivity index (χ3n) is 3.49. The van der Waals surface area contributed by atoms with Gasteiger partial charge in [0, 0.05) is 22.1 Å². The zero-order valence-electron chi connectivity index (χ0n) is 13.7. The van der Waals surface area contributed by atoms with Gasteiger partial charge in [-0.3, -0.25) is 0 Å². The van der Waals surface area contributed by atoms with E-state index in [0.717, 1.165) is 34.6 Å². The Morgan fingerprint density at radius 1 is 1.29 bits per heavy atom. The number of hydrogen-bond donors (Lipinski definition) is 1. The SMILES string of the molecule is CCNC(Cc1ccc(Br)cc1Cl)C(OCC)C(C)(C)C. The lowest BCUT2D eigenvalue weighted by Gasteiger charge is -2.37. The largest absolute Gasteiger partial charge is 0.376 e. The zero-order valence-corrected chi connectivity index (χ0v) is 16.0. The van der Waals surface area contributed by atoms with Crippen molar-refractivity contribution >= 4 is 27.5 Å². The minimum atomic E-state index is 0.0741. The predicted octanol–water partition coefficient (Wildman–Crippen LogP) is 5.07. The number of likely N-dealkylation sites (N-methyl/N-ethyl adjacent to an activating group) is 1. The van der Waals surface area contributed by atoms with Crippen molar-refractivity contribution in [2.24, 2.45) is 5.41 Å². The summed E-state index contributed by atoms with van der Waals surface area (Å²) >= 11 is 9.83. The minimum absolute atomic E-state index is 0.0741. The molecule has 120 valence electrons. The van der Waals surface area contributed by atoms with Crippen LogP contribution in [-0.4, -0.2) is 25.3 Å². The molecule has 1 rings (SSSR count). The fraction of sp³-hybridized carbons (Fsp3) is 0.647. The second-order valence-electron chi connectivity index (χ2n) is 6.35. The fourth-order valence-electron chi connectivity index (χ4n) is 2.62. The first-order valence-corrected chi connectivity index (χ1v) is 8.75. The van der Waals surface area contributed by atoms with Gasteiger partial charge in [0.1, 0.15) is 0 Å². The maximum absolute atomic E-state index is 6.37. The van der Waals surface area contributed by atoms with Gasteiger partial charge in [-0.15, -0.1) is 0 Å². The summed E-state index contributed by atoms with van der Waals surface area (Å²) in [5.74, 6) is 0. The lowest BCUT2D eigenvalue weighted by Crippen LogP contribution is -2.49. The summed E-state index contributed by atoms with van der Waals surface area (Å²) in [4.78, 5) is 0. The molecular formula is C17H27BrClNO. The molecule has 1 N–H and O–H groups in total. The van der Waals surface area contributed by atoms with Crippen LogP contribution in [0.5, 0.6) is 0 Å². The number of rotatable bonds is 7. The van der Waals surface area contributed by atoms with Gasteiger partial charge in [0.2, 0.25) is 0 Å². The lowest BCUT2D eigenvalue weighted by molar-refractivity contribution is -0.0352. The molecule has 0 saturated heterocycles. The number of hydrogen-bond acceptors (Lipinski definition) is 2. The highest BCUT2D eigenvalue weighted by atomic mass is 79.9. The second kappa shape index (κ2) is 8.52. The van der Waals surface area contributed by atoms with Crippen molar-refractivity contribution in [3.05, 3.63) is 33.3 Å². The van der Waals surface area contributed by atoms with Gasteiger partial charge >= 0.3 is 0 Å². The van der Waals surface area contributed by atoms with Crippen LogP contribution in [0.1, 0.15) is 40.2 Å². The highest BCUT2D eigenvalue weighted by Gasteiger charge is 2.32. The van der Waals surface area contributed by atoms with Gasteiger partial charge in [-0.1, -0.05) is 61.3 Å². The summed E-state index contributed by atoms with van der Waals surface area (Å²) in [6, 6.07) is 6.32. The number of nitrogens with one attached hydrogen (secondary N) is 1. The molecule has 2 nitrogen and oxygen atoms in total. The molecule has 0 bridgehead atoms. The molecule has 0 aliphatic rings. The van der Waals surface area contributed by atoms with Gasteiger partial charge in [0.25, 0.3) is 0 Å². The smallest absolute Gasteiger partial charge is 0.0779 e. The Balaban J connectivity index is 2.98. The van der Waals surface area contributed by atoms with E-state index in [4.69, 9.17) is 16.3 Å². The molecule has 21 heavy (non-hydrogen) atoms. The molecule has 2 atom stereocenters. The summed E-state index contributed by atoms with van der Waals surface area (Å²) in [7, 11) is 0. The molecule has 0 amide bonds. The quantitative estimate of drug-likeness (QED) is 0.717. The van der Waals surface area contributed by atoms with Gasteiger partial charge in [-0.05, 0) is 43.0 Å². The third-order valence-corrected chi connectivity index (χ3v) is 4.33. The van der Waals surface area contributed by atoms with E-state index < -0.39 is 0 Å². The Morgan fingerprint density at radius 3 is 2.43 bits per heavy atom. The third kappa shape index (κ3) is 5.90. The van der Waals surface area contributed by atoms with Crippen LogP contribution in [0, 0.1) is 5.41 Å². The van der Waals surface area contributed by atoms with E-state index in [2.05, 4.69) is 55.0 Å². The van der Waals surface area contributed by atoms with Crippen LogP contribution in [-0.2, 0) is 11.2 Å². The summed E-state index contributed by atoms with van der Waals surface area (Å²) in [6.45, 7) is 12.5. The summed E-state index contributed by atoms with van der Waals surface area (Å²) in [5.41, 5.74) is 1.23. The Labute approximate surface area is 142 Å². The normalized spacial score (nSPS) is 15.0. The molecule has 0 aromatic heterocycles. The molecule has 0 aliphatic carbocycles. The average molecular weight is 377 g/mol. The van der Waals surface area contributed by atoms with Crippen molar-refractivity contribution < 1.29 is 4.74 Å². The molecule has 0 radical (unpaired) electrons. The monoisotopic (exact) mass is 375 g/mol. The van der Waals surface area contributed by atoms with Crippen molar-refractivity contribution in [1.82, 2.24) is 5.32 Å². The van der Waals surface area contributed by atoms with Crippen LogP contribution in [0.4, 0.5) is 0 Å². The van der Waals surface area contributed by atoms with Crippen LogP contribution in [0.25, 0.3) is 0 Å². The molecule has 0 aliphatic heterocycles. The summed E-state index contributed by atoms with van der Waals surface area (Å²) in [5, 5.41) is 4.37. The predicted molar refractivity (Wildman–Crippen MR) is 95.2 cm³/mol. The zero-order chi connectivity index (χ0) is 16.0. The number of ether oxygens (including phenoxy) is 1. The molecule has 0 spiro atoms. The molecule has 0 saturated carbocycles. The Hall–Kier alpha value is -0.0900. The second-order valence-corrected chi connectivity index (χ2v) is 7.67. The maximum atomic E-state index is 6.37. The molecule has 4 heteroatoms. The highest BCUT2D eigenvalue weighted by molar-refractivity contribution is 9.10. The highest BCUT2D eigenvalue weighted by Crippen LogP contribution is 2.29. The van der Waals surface area contributed by atoms with Crippen molar-refractivity contribution in [1.29, 1.82) is 0 Å². The minimum Gasteiger partial charge on any atom is -0.376 e. The van der Waals surface area contributed by atoms with Gasteiger partial charge < -0.3 is 10.1 Å². The first kappa shape index (κ1) is 19.0. The van der Waals surface area contributed by atoms with Gasteiger partial charge in [0.15, 0.2) is 0 Å². The van der Waals surface area contributed by atoms with E-state index >= 15 is 0 Å². The maximum Gasteiger partial charge on any atom is 0.0779 e. The van der Waals surface area contributed by atoms with Crippen molar-refractivity contribution in [2.75, 3.05) is 13.2 Å². The lowest BCUT2D eigenvalue weighted by atomic mass is 9.82. The Morgan fingerprint density at radius 2 is 1.95 bits per heavy atom. The van der Waals surface area contributed by atoms with Gasteiger partial charge in [-0.25, -0.2) is 0 Å². The molecular weight excluding hydrogens is 350 g/mol. The molecule has 0 fully saturated rings. The van der Waals surface area contributed by atoms with Crippen LogP contribution >= 0.6 is 27.5 Å². The topological polar surface area (TPSA) is 21.3 Å². The van der Waals surface area contributed by atoms with E-state index in [1.165, 1.54) is 0 Å². The molecule has 1 aromatic rings. The van der Waals surface area contributed by atoms with Gasteiger partial charge in [-0.2, -0.15) is 0 Å². The van der Waals surface area contributed by atoms with E-state index in [-0.39, 0.29) is 17.6 Å². The van der Waals surface area contributed by atoms with Crippen molar-refractivity contribution in [3.8, 4) is 0 Å². The first-order valence-electron chi connectivity index (χ1n) is 7.58. The van der Waals surface area contributed by atoms with E-state index in [9.17, 15) is 0 Å². The summed E-state index contributed by atoms with van der Waals surface area (Å²) in [6.07, 6.45) is 1.00. The van der Waals surface area contributed by atoms with Gasteiger partial charge in [0.05, 0.1) is 6.10 Å². The van der Waals surface area contributed by atoms with E-state index in [1.807, 2.05) is 19.1 Å². The van der Waals surface area contributed by atoms with E-state index in [1.54, 1.807) is 0 Å². The molecule has 1 aromatic carbocycles. The van der Waals surface area contributed by atoms with Crippen LogP contribution < -0.4 is 5.32 Å². The fourth-order valence-corrected chi connectivity index (χ4v) is 3.37.